The number of hydrogen-bond donors (Lipinski definition) is 3. The highest BCUT2D eigenvalue weighted by Gasteiger charge is 2.08. The highest BCUT2D eigenvalue weighted by atomic mass is 16.4. The van der Waals surface area contributed by atoms with Gasteiger partial charge in [0.05, 0.1) is 11.4 Å². The first kappa shape index (κ1) is 9.72. The summed E-state index contributed by atoms with van der Waals surface area (Å²) >= 11 is 0. The minimum absolute atomic E-state index is 0.193. The van der Waals surface area contributed by atoms with Crippen LogP contribution < -0.4 is 0 Å². The fourth-order valence-electron chi connectivity index (χ4n) is 1.90. The molecule has 17 heavy (non-hydrogen) atoms. The van der Waals surface area contributed by atoms with Crippen LogP contribution in [0.25, 0.3) is 22.3 Å². The molecule has 0 radical (unpaired) electrons. The lowest BCUT2D eigenvalue weighted by Gasteiger charge is -1.91. The monoisotopic (exact) mass is 226 g/mol. The van der Waals surface area contributed by atoms with E-state index in [1.165, 1.54) is 0 Å². The second kappa shape index (κ2) is 3.52. The third kappa shape index (κ3) is 1.59. The standard InChI is InChI=1S/C13H10N2O2/c16-13(17)11-6-5-10(15-11)12-7-8-3-1-2-4-9(8)14-12/h1-7,14-15H,(H,16,17). The highest BCUT2D eigenvalue weighted by molar-refractivity contribution is 5.88. The summed E-state index contributed by atoms with van der Waals surface area (Å²) in [5.74, 6) is -0.952. The quantitative estimate of drug-likeness (QED) is 0.628. The Kier molecular flexibility index (Phi) is 2.01. The van der Waals surface area contributed by atoms with Crippen molar-refractivity contribution in [2.75, 3.05) is 0 Å². The van der Waals surface area contributed by atoms with Crippen LogP contribution in [0.4, 0.5) is 0 Å². The van der Waals surface area contributed by atoms with Crippen molar-refractivity contribution in [1.82, 2.24) is 9.97 Å². The number of hydrogen-bond acceptors (Lipinski definition) is 1. The predicted octanol–water partition coefficient (Wildman–Crippen LogP) is 2.86. The van der Waals surface area contributed by atoms with Gasteiger partial charge in [0.1, 0.15) is 5.69 Å². The number of nitrogens with one attached hydrogen (secondary N) is 2. The second-order valence-electron chi connectivity index (χ2n) is 3.86. The minimum Gasteiger partial charge on any atom is -0.477 e. The molecule has 0 unspecified atom stereocenters. The number of carbonyl (C=O) groups is 1. The van der Waals surface area contributed by atoms with Crippen molar-refractivity contribution in [3.63, 3.8) is 0 Å². The number of aromatic amines is 2. The van der Waals surface area contributed by atoms with Crippen LogP contribution in [-0.4, -0.2) is 21.0 Å². The van der Waals surface area contributed by atoms with E-state index in [0.717, 1.165) is 22.3 Å². The molecule has 0 fully saturated rings. The second-order valence-corrected chi connectivity index (χ2v) is 3.86. The zero-order valence-corrected chi connectivity index (χ0v) is 8.90. The van der Waals surface area contributed by atoms with E-state index in [2.05, 4.69) is 9.97 Å². The largest absolute Gasteiger partial charge is 0.477 e. The number of para-hydroxylation sites is 1. The van der Waals surface area contributed by atoms with E-state index in [1.807, 2.05) is 30.3 Å². The lowest BCUT2D eigenvalue weighted by atomic mass is 10.2. The van der Waals surface area contributed by atoms with Crippen molar-refractivity contribution < 1.29 is 9.90 Å². The summed E-state index contributed by atoms with van der Waals surface area (Å²) in [5, 5.41) is 9.95. The Bertz CT molecular complexity index is 661. The maximum atomic E-state index is 10.8. The van der Waals surface area contributed by atoms with Gasteiger partial charge in [0.15, 0.2) is 0 Å². The third-order valence-corrected chi connectivity index (χ3v) is 2.74. The Morgan fingerprint density at radius 3 is 2.53 bits per heavy atom. The van der Waals surface area contributed by atoms with Crippen molar-refractivity contribution in [1.29, 1.82) is 0 Å². The zero-order valence-electron chi connectivity index (χ0n) is 8.90. The lowest BCUT2D eigenvalue weighted by molar-refractivity contribution is 0.0691. The number of fused-ring (bicyclic) bond motifs is 1. The molecule has 0 saturated heterocycles. The van der Waals surface area contributed by atoms with Crippen molar-refractivity contribution in [2.45, 2.75) is 0 Å². The number of rotatable bonds is 2. The van der Waals surface area contributed by atoms with Gasteiger partial charge in [-0.1, -0.05) is 18.2 Å². The van der Waals surface area contributed by atoms with Gasteiger partial charge in [-0.05, 0) is 24.3 Å². The molecule has 0 aliphatic heterocycles. The molecule has 3 aromatic rings. The first-order valence-electron chi connectivity index (χ1n) is 5.24. The molecule has 4 nitrogen and oxygen atoms in total. The third-order valence-electron chi connectivity index (χ3n) is 2.74. The van der Waals surface area contributed by atoms with Crippen molar-refractivity contribution in [2.24, 2.45) is 0 Å². The van der Waals surface area contributed by atoms with Gasteiger partial charge in [-0.25, -0.2) is 4.79 Å². The summed E-state index contributed by atoms with van der Waals surface area (Å²) in [5.41, 5.74) is 2.89. The molecule has 4 heteroatoms. The van der Waals surface area contributed by atoms with Gasteiger partial charge in [-0.15, -0.1) is 0 Å². The molecule has 3 N–H and O–H groups in total. The molecule has 0 spiro atoms. The molecule has 0 aliphatic rings. The van der Waals surface area contributed by atoms with Gasteiger partial charge < -0.3 is 15.1 Å². The van der Waals surface area contributed by atoms with Gasteiger partial charge in [0, 0.05) is 10.9 Å². The van der Waals surface area contributed by atoms with Crippen molar-refractivity contribution in [3.8, 4) is 11.4 Å². The van der Waals surface area contributed by atoms with Crippen LogP contribution in [0.3, 0.4) is 0 Å². The van der Waals surface area contributed by atoms with Crippen LogP contribution in [0.1, 0.15) is 10.5 Å². The van der Waals surface area contributed by atoms with Gasteiger partial charge in [-0.3, -0.25) is 0 Å². The Morgan fingerprint density at radius 2 is 1.82 bits per heavy atom. The Labute approximate surface area is 96.9 Å². The van der Waals surface area contributed by atoms with Crippen molar-refractivity contribution in [3.05, 3.63) is 48.2 Å². The van der Waals surface area contributed by atoms with E-state index in [0.29, 0.717) is 0 Å². The fraction of sp³-hybridized carbons (Fsp3) is 0. The topological polar surface area (TPSA) is 68.9 Å². The summed E-state index contributed by atoms with van der Waals surface area (Å²) in [6.45, 7) is 0. The van der Waals surface area contributed by atoms with Gasteiger partial charge in [0.25, 0.3) is 0 Å². The molecular formula is C13H10N2O2. The molecule has 0 bridgehead atoms. The van der Waals surface area contributed by atoms with Crippen LogP contribution >= 0.6 is 0 Å². The van der Waals surface area contributed by atoms with Gasteiger partial charge in [-0.2, -0.15) is 0 Å². The normalized spacial score (nSPS) is 10.8. The van der Waals surface area contributed by atoms with Crippen LogP contribution in [0.5, 0.6) is 0 Å². The summed E-state index contributed by atoms with van der Waals surface area (Å²) in [4.78, 5) is 16.9. The van der Waals surface area contributed by atoms with E-state index in [1.54, 1.807) is 12.1 Å². The summed E-state index contributed by atoms with van der Waals surface area (Å²) in [6, 6.07) is 13.2. The maximum Gasteiger partial charge on any atom is 0.352 e. The fourth-order valence-corrected chi connectivity index (χ4v) is 1.90. The van der Waals surface area contributed by atoms with E-state index < -0.39 is 5.97 Å². The molecule has 0 saturated carbocycles. The Balaban J connectivity index is 2.10. The highest BCUT2D eigenvalue weighted by Crippen LogP contribution is 2.23. The molecule has 2 aromatic heterocycles. The molecule has 0 atom stereocenters. The van der Waals surface area contributed by atoms with Crippen LogP contribution in [0.2, 0.25) is 0 Å². The number of aromatic carboxylic acids is 1. The number of benzene rings is 1. The number of aromatic nitrogens is 2. The first-order valence-corrected chi connectivity index (χ1v) is 5.24. The van der Waals surface area contributed by atoms with Crippen molar-refractivity contribution >= 4 is 16.9 Å². The average molecular weight is 226 g/mol. The molecule has 2 heterocycles. The van der Waals surface area contributed by atoms with Gasteiger partial charge in [0.2, 0.25) is 0 Å². The smallest absolute Gasteiger partial charge is 0.352 e. The molecule has 1 aromatic carbocycles. The summed E-state index contributed by atoms with van der Waals surface area (Å²) < 4.78 is 0. The Morgan fingerprint density at radius 1 is 1.00 bits per heavy atom. The lowest BCUT2D eigenvalue weighted by Crippen LogP contribution is -1.95. The zero-order chi connectivity index (χ0) is 11.8. The van der Waals surface area contributed by atoms with Crippen LogP contribution in [-0.2, 0) is 0 Å². The molecular weight excluding hydrogens is 216 g/mol. The van der Waals surface area contributed by atoms with E-state index >= 15 is 0 Å². The molecule has 0 aliphatic carbocycles. The van der Waals surface area contributed by atoms with Crippen LogP contribution in [0, 0.1) is 0 Å². The number of H-pyrrole nitrogens is 2. The van der Waals surface area contributed by atoms with Crippen LogP contribution in [0.15, 0.2) is 42.5 Å². The van der Waals surface area contributed by atoms with E-state index in [4.69, 9.17) is 5.11 Å². The minimum atomic E-state index is -0.952. The summed E-state index contributed by atoms with van der Waals surface area (Å²) in [6.07, 6.45) is 0. The predicted molar refractivity (Wildman–Crippen MR) is 65.0 cm³/mol. The number of carboxylic acids is 1. The first-order chi connectivity index (χ1) is 8.24. The maximum absolute atomic E-state index is 10.8. The Hall–Kier alpha value is -2.49. The van der Waals surface area contributed by atoms with E-state index in [-0.39, 0.29) is 5.69 Å². The SMILES string of the molecule is O=C(O)c1ccc(-c2cc3ccccc3[nH]2)[nH]1. The average Bonchev–Trinajstić information content (AvgIpc) is 2.95. The summed E-state index contributed by atoms with van der Waals surface area (Å²) in [7, 11) is 0. The molecule has 84 valence electrons. The number of carboxylic acid groups (broad SMARTS) is 1. The van der Waals surface area contributed by atoms with Gasteiger partial charge >= 0.3 is 5.97 Å². The molecule has 0 amide bonds. The molecule has 3 rings (SSSR count). The van der Waals surface area contributed by atoms with E-state index in [9.17, 15) is 4.79 Å².